The molecule has 2 atom stereocenters. The van der Waals surface area contributed by atoms with Crippen molar-refractivity contribution in [2.24, 2.45) is 0 Å². The topological polar surface area (TPSA) is 54.0 Å². The van der Waals surface area contributed by atoms with Gasteiger partial charge >= 0.3 is 23.1 Å². The van der Waals surface area contributed by atoms with Gasteiger partial charge in [-0.25, -0.2) is 4.79 Å². The van der Waals surface area contributed by atoms with Crippen molar-refractivity contribution in [2.45, 2.75) is 72.2 Å². The van der Waals surface area contributed by atoms with Gasteiger partial charge in [-0.05, 0) is 59.6 Å². The maximum atomic E-state index is 12.1. The van der Waals surface area contributed by atoms with Crippen molar-refractivity contribution in [1.82, 2.24) is 0 Å². The predicted octanol–water partition coefficient (Wildman–Crippen LogP) is 4.10. The summed E-state index contributed by atoms with van der Waals surface area (Å²) in [6, 6.07) is 0. The van der Waals surface area contributed by atoms with Crippen LogP contribution in [0.15, 0.2) is 12.2 Å². The summed E-state index contributed by atoms with van der Waals surface area (Å²) in [5.41, 5.74) is 0.136. The molecule has 0 fully saturated rings. The van der Waals surface area contributed by atoms with E-state index in [1.807, 2.05) is 33.5 Å². The van der Waals surface area contributed by atoms with Crippen molar-refractivity contribution in [3.8, 4) is 0 Å². The molecule has 0 radical (unpaired) electrons. The first-order chi connectivity index (χ1) is 10.3. The van der Waals surface area contributed by atoms with E-state index in [0.717, 1.165) is 6.42 Å². The quantitative estimate of drug-likeness (QED) is 0.423. The number of carbonyl (C=O) groups is 1. The van der Waals surface area contributed by atoms with Gasteiger partial charge in [-0.3, -0.25) is 0 Å². The molecule has 0 aliphatic carbocycles. The maximum absolute atomic E-state index is 12.1. The molecule has 0 aromatic heterocycles. The summed E-state index contributed by atoms with van der Waals surface area (Å²) in [6.07, 6.45) is 0.720. The van der Waals surface area contributed by atoms with Gasteiger partial charge in [0.1, 0.15) is 5.73 Å². The van der Waals surface area contributed by atoms with Crippen LogP contribution < -0.4 is 0 Å². The van der Waals surface area contributed by atoms with E-state index in [9.17, 15) is 4.79 Å². The molecule has 0 aliphatic heterocycles. The summed E-state index contributed by atoms with van der Waals surface area (Å²) in [7, 11) is -7.14. The van der Waals surface area contributed by atoms with Crippen molar-refractivity contribution in [3.63, 3.8) is 0 Å². The molecule has 0 spiro atoms. The minimum atomic E-state index is -2.93. The van der Waals surface area contributed by atoms with Crippen LogP contribution in [0.25, 0.3) is 0 Å². The Kier molecular flexibility index (Phi) is 8.63. The molecule has 0 aromatic carbocycles. The van der Waals surface area contributed by atoms with Crippen LogP contribution in [0.4, 0.5) is 0 Å². The van der Waals surface area contributed by atoms with Crippen molar-refractivity contribution in [3.05, 3.63) is 12.2 Å². The van der Waals surface area contributed by atoms with Crippen LogP contribution in [-0.2, 0) is 22.2 Å². The van der Waals surface area contributed by atoms with Crippen LogP contribution in [-0.4, -0.2) is 43.7 Å². The SMILES string of the molecule is C=C(C)C(=O)O[Si](C)(O[Si](C)(C)O[Si](C)(C)C)C(CC)OCC. The van der Waals surface area contributed by atoms with E-state index in [2.05, 4.69) is 26.2 Å². The summed E-state index contributed by atoms with van der Waals surface area (Å²) in [5.74, 6) is -0.421. The van der Waals surface area contributed by atoms with Gasteiger partial charge in [-0.1, -0.05) is 13.5 Å². The Morgan fingerprint density at radius 2 is 1.57 bits per heavy atom. The zero-order chi connectivity index (χ0) is 18.5. The minimum absolute atomic E-state index is 0.229. The van der Waals surface area contributed by atoms with Crippen molar-refractivity contribution in [1.29, 1.82) is 0 Å². The molecule has 8 heteroatoms. The average Bonchev–Trinajstić information content (AvgIpc) is 2.31. The third-order valence-corrected chi connectivity index (χ3v) is 13.3. The van der Waals surface area contributed by atoms with Gasteiger partial charge < -0.3 is 17.4 Å². The summed E-state index contributed by atoms with van der Waals surface area (Å²) in [5, 5.41) is 0. The molecule has 136 valence electrons. The summed E-state index contributed by atoms with van der Waals surface area (Å²) >= 11 is 0. The maximum Gasteiger partial charge on any atom is 0.419 e. The second-order valence-electron chi connectivity index (χ2n) is 7.25. The second-order valence-corrected chi connectivity index (χ2v) is 18.8. The molecule has 2 unspecified atom stereocenters. The zero-order valence-electron chi connectivity index (χ0n) is 16.2. The van der Waals surface area contributed by atoms with E-state index in [1.54, 1.807) is 6.92 Å². The Bertz CT molecular complexity index is 420. The average molecular weight is 379 g/mol. The van der Waals surface area contributed by atoms with Crippen LogP contribution in [0, 0.1) is 0 Å². The van der Waals surface area contributed by atoms with E-state index in [1.165, 1.54) is 0 Å². The normalized spacial score (nSPS) is 16.6. The molecule has 0 aromatic rings. The smallest absolute Gasteiger partial charge is 0.419 e. The van der Waals surface area contributed by atoms with Crippen molar-refractivity contribution >= 4 is 31.4 Å². The standard InChI is InChI=1S/C15H34O5Si3/c1-11-14(17-12-2)23(10,18-15(16)13(3)4)20-22(8,9)19-21(5,6)7/h14H,3,11-12H2,1-2,4-10H3. The monoisotopic (exact) mass is 378 g/mol. The van der Waals surface area contributed by atoms with Gasteiger partial charge in [0.15, 0.2) is 8.32 Å². The predicted molar refractivity (Wildman–Crippen MR) is 101 cm³/mol. The molecule has 0 N–H and O–H groups in total. The first-order valence-corrected chi connectivity index (χ1v) is 16.8. The van der Waals surface area contributed by atoms with Gasteiger partial charge in [0, 0.05) is 12.2 Å². The van der Waals surface area contributed by atoms with E-state index in [-0.39, 0.29) is 5.73 Å². The van der Waals surface area contributed by atoms with Gasteiger partial charge in [0.2, 0.25) is 0 Å². The van der Waals surface area contributed by atoms with Gasteiger partial charge in [0.25, 0.3) is 0 Å². The first-order valence-electron chi connectivity index (χ1n) is 8.17. The van der Waals surface area contributed by atoms with Gasteiger partial charge in [0.05, 0.1) is 0 Å². The lowest BCUT2D eigenvalue weighted by molar-refractivity contribution is -0.132. The third kappa shape index (κ3) is 8.41. The molecule has 0 bridgehead atoms. The number of rotatable bonds is 10. The fourth-order valence-electron chi connectivity index (χ4n) is 2.51. The van der Waals surface area contributed by atoms with Crippen LogP contribution in [0.3, 0.4) is 0 Å². The van der Waals surface area contributed by atoms with Crippen LogP contribution in [0.1, 0.15) is 27.2 Å². The lowest BCUT2D eigenvalue weighted by atomic mass is 10.4. The Labute approximate surface area is 145 Å². The summed E-state index contributed by atoms with van der Waals surface area (Å²) in [6.45, 7) is 22.1. The minimum Gasteiger partial charge on any atom is -0.489 e. The van der Waals surface area contributed by atoms with E-state index in [0.29, 0.717) is 12.2 Å². The molecule has 0 rings (SSSR count). The number of hydrogen-bond acceptors (Lipinski definition) is 5. The molecule has 0 aliphatic rings. The van der Waals surface area contributed by atoms with Gasteiger partial charge in [-0.15, -0.1) is 0 Å². The lowest BCUT2D eigenvalue weighted by Crippen LogP contribution is -2.61. The van der Waals surface area contributed by atoms with E-state index < -0.39 is 31.4 Å². The van der Waals surface area contributed by atoms with E-state index >= 15 is 0 Å². The molecule has 0 amide bonds. The van der Waals surface area contributed by atoms with E-state index in [4.69, 9.17) is 17.4 Å². The molecular weight excluding hydrogens is 344 g/mol. The second kappa shape index (κ2) is 8.72. The summed E-state index contributed by atoms with van der Waals surface area (Å²) < 4.78 is 24.3. The largest absolute Gasteiger partial charge is 0.489 e. The van der Waals surface area contributed by atoms with Gasteiger partial charge in [-0.2, -0.15) is 0 Å². The highest BCUT2D eigenvalue weighted by Crippen LogP contribution is 2.27. The number of carbonyl (C=O) groups excluding carboxylic acids is 1. The molecule has 0 heterocycles. The summed E-state index contributed by atoms with van der Waals surface area (Å²) in [4.78, 5) is 12.1. The molecular formula is C15H34O5Si3. The molecule has 23 heavy (non-hydrogen) atoms. The third-order valence-electron chi connectivity index (χ3n) is 2.97. The molecule has 0 saturated heterocycles. The highest BCUT2D eigenvalue weighted by atomic mass is 28.5. The van der Waals surface area contributed by atoms with Crippen molar-refractivity contribution in [2.75, 3.05) is 6.61 Å². The lowest BCUT2D eigenvalue weighted by Gasteiger charge is -2.40. The first kappa shape index (κ1) is 22.7. The number of ether oxygens (including phenoxy) is 1. The fraction of sp³-hybridized carbons (Fsp3) is 0.800. The fourth-order valence-corrected chi connectivity index (χ4v) is 15.4. The van der Waals surface area contributed by atoms with Crippen LogP contribution >= 0.6 is 0 Å². The highest BCUT2D eigenvalue weighted by Gasteiger charge is 2.50. The Balaban J connectivity index is 5.48. The molecule has 0 saturated carbocycles. The van der Waals surface area contributed by atoms with Crippen LogP contribution in [0.2, 0.25) is 39.3 Å². The Morgan fingerprint density at radius 3 is 1.91 bits per heavy atom. The zero-order valence-corrected chi connectivity index (χ0v) is 19.2. The Morgan fingerprint density at radius 1 is 1.04 bits per heavy atom. The highest BCUT2D eigenvalue weighted by molar-refractivity contribution is 6.86. The molecule has 5 nitrogen and oxygen atoms in total. The van der Waals surface area contributed by atoms with Crippen LogP contribution in [0.5, 0.6) is 0 Å². The Hall–Kier alpha value is -0.259. The number of hydrogen-bond donors (Lipinski definition) is 0. The van der Waals surface area contributed by atoms with Crippen molar-refractivity contribution < 1.29 is 22.2 Å².